The van der Waals surface area contributed by atoms with Crippen LogP contribution in [-0.4, -0.2) is 18.0 Å². The third-order valence-corrected chi connectivity index (χ3v) is 2.69. The molecule has 0 aromatic heterocycles. The summed E-state index contributed by atoms with van der Waals surface area (Å²) in [6.07, 6.45) is 4.73. The molecule has 0 spiro atoms. The summed E-state index contributed by atoms with van der Waals surface area (Å²) < 4.78 is 0. The molecule has 1 heteroatoms. The zero-order valence-corrected chi connectivity index (χ0v) is 7.71. The molecule has 11 heavy (non-hydrogen) atoms. The second kappa shape index (κ2) is 3.80. The van der Waals surface area contributed by atoms with E-state index < -0.39 is 0 Å². The van der Waals surface area contributed by atoms with Gasteiger partial charge in [0.15, 0.2) is 0 Å². The lowest BCUT2D eigenvalue weighted by Crippen LogP contribution is -2.33. The van der Waals surface area contributed by atoms with E-state index in [2.05, 4.69) is 25.3 Å². The van der Waals surface area contributed by atoms with E-state index in [0.29, 0.717) is 0 Å². The number of hydrogen-bond acceptors (Lipinski definition) is 1. The second-order valence-electron chi connectivity index (χ2n) is 3.82. The Hall–Kier alpha value is -0.460. The summed E-state index contributed by atoms with van der Waals surface area (Å²) in [7, 11) is 0. The van der Waals surface area contributed by atoms with Crippen molar-refractivity contribution in [1.82, 2.24) is 4.90 Å². The lowest BCUT2D eigenvalue weighted by atomic mass is 9.88. The lowest BCUT2D eigenvalue weighted by molar-refractivity contribution is 0.193. The van der Waals surface area contributed by atoms with E-state index >= 15 is 0 Å². The van der Waals surface area contributed by atoms with Gasteiger partial charge in [0.1, 0.15) is 0 Å². The van der Waals surface area contributed by atoms with Gasteiger partial charge in [-0.3, -0.25) is 0 Å². The zero-order valence-electron chi connectivity index (χ0n) is 7.71. The van der Waals surface area contributed by atoms with E-state index in [1.807, 2.05) is 6.20 Å². The van der Waals surface area contributed by atoms with Gasteiger partial charge in [0.2, 0.25) is 0 Å². The fourth-order valence-electron chi connectivity index (χ4n) is 1.75. The van der Waals surface area contributed by atoms with Gasteiger partial charge < -0.3 is 4.90 Å². The Labute approximate surface area is 70.1 Å². The van der Waals surface area contributed by atoms with E-state index in [1.165, 1.54) is 25.9 Å². The Morgan fingerprint density at radius 3 is 2.82 bits per heavy atom. The van der Waals surface area contributed by atoms with Gasteiger partial charge in [-0.05, 0) is 30.9 Å². The normalized spacial score (nSPS) is 25.7. The molecule has 0 bridgehead atoms. The van der Waals surface area contributed by atoms with Crippen molar-refractivity contribution >= 4 is 0 Å². The first-order valence-corrected chi connectivity index (χ1v) is 4.60. The summed E-state index contributed by atoms with van der Waals surface area (Å²) in [5.41, 5.74) is 0. The van der Waals surface area contributed by atoms with E-state index in [0.717, 1.165) is 11.8 Å². The molecule has 0 amide bonds. The van der Waals surface area contributed by atoms with Gasteiger partial charge in [-0.25, -0.2) is 0 Å². The number of rotatable bonds is 2. The molecule has 1 heterocycles. The average Bonchev–Trinajstić information content (AvgIpc) is 2.05. The number of likely N-dealkylation sites (tertiary alicyclic amines) is 1. The van der Waals surface area contributed by atoms with Gasteiger partial charge in [0.05, 0.1) is 0 Å². The number of nitrogens with zero attached hydrogens (tertiary/aromatic N) is 1. The van der Waals surface area contributed by atoms with Crippen molar-refractivity contribution in [2.75, 3.05) is 13.1 Å². The molecular weight excluding hydrogens is 134 g/mol. The van der Waals surface area contributed by atoms with Crippen molar-refractivity contribution in [3.63, 3.8) is 0 Å². The average molecular weight is 153 g/mol. The van der Waals surface area contributed by atoms with Crippen molar-refractivity contribution < 1.29 is 0 Å². The second-order valence-corrected chi connectivity index (χ2v) is 3.82. The van der Waals surface area contributed by atoms with Gasteiger partial charge in [0.25, 0.3) is 0 Å². The maximum absolute atomic E-state index is 3.80. The molecule has 1 fully saturated rings. The summed E-state index contributed by atoms with van der Waals surface area (Å²) in [6, 6.07) is 0. The Balaban J connectivity index is 2.39. The highest BCUT2D eigenvalue weighted by molar-refractivity contribution is 4.80. The van der Waals surface area contributed by atoms with E-state index in [-0.39, 0.29) is 0 Å². The van der Waals surface area contributed by atoms with E-state index in [1.54, 1.807) is 0 Å². The van der Waals surface area contributed by atoms with Crippen LogP contribution in [0.25, 0.3) is 0 Å². The molecule has 1 nitrogen and oxygen atoms in total. The minimum Gasteiger partial charge on any atom is -0.378 e. The lowest BCUT2D eigenvalue weighted by Gasteiger charge is -2.33. The molecule has 0 aliphatic carbocycles. The highest BCUT2D eigenvalue weighted by atomic mass is 15.1. The fourth-order valence-corrected chi connectivity index (χ4v) is 1.75. The molecule has 1 saturated heterocycles. The molecule has 0 aromatic rings. The van der Waals surface area contributed by atoms with Crippen molar-refractivity contribution in [3.8, 4) is 0 Å². The highest BCUT2D eigenvalue weighted by Crippen LogP contribution is 2.23. The molecular formula is C10H19N. The van der Waals surface area contributed by atoms with Crippen LogP contribution in [0.3, 0.4) is 0 Å². The molecule has 0 N–H and O–H groups in total. The van der Waals surface area contributed by atoms with Crippen LogP contribution in [0.4, 0.5) is 0 Å². The topological polar surface area (TPSA) is 3.24 Å². The molecule has 1 aliphatic rings. The third kappa shape index (κ3) is 2.25. The predicted molar refractivity (Wildman–Crippen MR) is 49.3 cm³/mol. The molecule has 1 rings (SSSR count). The van der Waals surface area contributed by atoms with Crippen LogP contribution >= 0.6 is 0 Å². The third-order valence-electron chi connectivity index (χ3n) is 2.69. The largest absolute Gasteiger partial charge is 0.378 e. The predicted octanol–water partition coefficient (Wildman–Crippen LogP) is 2.50. The van der Waals surface area contributed by atoms with Crippen LogP contribution < -0.4 is 0 Å². The Kier molecular flexibility index (Phi) is 2.98. The fraction of sp³-hybridized carbons (Fsp3) is 0.800. The van der Waals surface area contributed by atoms with E-state index in [9.17, 15) is 0 Å². The minimum atomic E-state index is 0.831. The summed E-state index contributed by atoms with van der Waals surface area (Å²) in [4.78, 5) is 2.34. The van der Waals surface area contributed by atoms with Gasteiger partial charge in [0, 0.05) is 13.1 Å². The monoisotopic (exact) mass is 153 g/mol. The molecule has 1 atom stereocenters. The van der Waals surface area contributed by atoms with Crippen LogP contribution in [0.1, 0.15) is 26.7 Å². The standard InChI is InChI=1S/C10H19N/c1-4-11-7-5-6-10(8-11)9(2)3/h4,9-10H,1,5-8H2,2-3H3. The number of piperidine rings is 1. The molecule has 1 unspecified atom stereocenters. The maximum Gasteiger partial charge on any atom is 0.0203 e. The van der Waals surface area contributed by atoms with Crippen molar-refractivity contribution in [1.29, 1.82) is 0 Å². The quantitative estimate of drug-likeness (QED) is 0.589. The first-order valence-electron chi connectivity index (χ1n) is 4.60. The van der Waals surface area contributed by atoms with Crippen molar-refractivity contribution in [2.24, 2.45) is 11.8 Å². The smallest absolute Gasteiger partial charge is 0.0203 e. The summed E-state index contributed by atoms with van der Waals surface area (Å²) in [5, 5.41) is 0. The molecule has 0 radical (unpaired) electrons. The minimum absolute atomic E-state index is 0.831. The zero-order chi connectivity index (χ0) is 8.27. The number of hydrogen-bond donors (Lipinski definition) is 0. The summed E-state index contributed by atoms with van der Waals surface area (Å²) in [5.74, 6) is 1.72. The summed E-state index contributed by atoms with van der Waals surface area (Å²) in [6.45, 7) is 10.9. The van der Waals surface area contributed by atoms with Crippen LogP contribution in [0.2, 0.25) is 0 Å². The van der Waals surface area contributed by atoms with Crippen LogP contribution in [0.15, 0.2) is 12.8 Å². The maximum atomic E-state index is 3.80. The molecule has 64 valence electrons. The van der Waals surface area contributed by atoms with Crippen molar-refractivity contribution in [2.45, 2.75) is 26.7 Å². The molecule has 0 aromatic carbocycles. The van der Waals surface area contributed by atoms with Gasteiger partial charge in [-0.2, -0.15) is 0 Å². The Morgan fingerprint density at radius 2 is 2.27 bits per heavy atom. The SMILES string of the molecule is C=CN1CCCC(C(C)C)C1. The first-order chi connectivity index (χ1) is 5.24. The van der Waals surface area contributed by atoms with Crippen LogP contribution in [-0.2, 0) is 0 Å². The molecule has 1 aliphatic heterocycles. The van der Waals surface area contributed by atoms with Crippen LogP contribution in [0, 0.1) is 11.8 Å². The highest BCUT2D eigenvalue weighted by Gasteiger charge is 2.19. The Bertz CT molecular complexity index is 129. The van der Waals surface area contributed by atoms with E-state index in [4.69, 9.17) is 0 Å². The molecule has 0 saturated carbocycles. The first kappa shape index (κ1) is 8.63. The van der Waals surface area contributed by atoms with Gasteiger partial charge >= 0.3 is 0 Å². The van der Waals surface area contributed by atoms with Crippen molar-refractivity contribution in [3.05, 3.63) is 12.8 Å². The van der Waals surface area contributed by atoms with Gasteiger partial charge in [-0.1, -0.05) is 20.4 Å². The van der Waals surface area contributed by atoms with Crippen LogP contribution in [0.5, 0.6) is 0 Å². The Morgan fingerprint density at radius 1 is 1.55 bits per heavy atom. The van der Waals surface area contributed by atoms with Gasteiger partial charge in [-0.15, -0.1) is 0 Å². The summed E-state index contributed by atoms with van der Waals surface area (Å²) >= 11 is 0.